The molecule has 3 aromatic heterocycles. The lowest BCUT2D eigenvalue weighted by Crippen LogP contribution is -1.98. The van der Waals surface area contributed by atoms with Gasteiger partial charge in [0.25, 0.3) is 0 Å². The Bertz CT molecular complexity index is 976. The molecule has 0 amide bonds. The van der Waals surface area contributed by atoms with E-state index >= 15 is 0 Å². The van der Waals surface area contributed by atoms with Crippen LogP contribution in [0.1, 0.15) is 97.5 Å². The van der Waals surface area contributed by atoms with Gasteiger partial charge in [-0.15, -0.1) is 0 Å². The minimum atomic E-state index is 0.292. The highest BCUT2D eigenvalue weighted by atomic mass is 16.4. The molecular weight excluding hydrogens is 366 g/mol. The van der Waals surface area contributed by atoms with Gasteiger partial charge in [0, 0.05) is 50.9 Å². The van der Waals surface area contributed by atoms with Crippen molar-refractivity contribution in [1.82, 2.24) is 15.0 Å². The lowest BCUT2D eigenvalue weighted by molar-refractivity contribution is 0.433. The first-order valence-electron chi connectivity index (χ1n) is 10.8. The smallest absolute Gasteiger partial charge is 0.195 e. The second-order valence-corrected chi connectivity index (χ2v) is 8.36. The zero-order chi connectivity index (χ0) is 20.5. The monoisotopic (exact) mass is 397 g/mol. The molecule has 156 valence electrons. The number of hydrogen-bond donors (Lipinski definition) is 0. The van der Waals surface area contributed by atoms with Crippen molar-refractivity contribution in [2.75, 3.05) is 0 Å². The van der Waals surface area contributed by atoms with Gasteiger partial charge in [0.1, 0.15) is 17.3 Å². The molecule has 0 bridgehead atoms. The summed E-state index contributed by atoms with van der Waals surface area (Å²) >= 11 is 0. The Labute approximate surface area is 172 Å². The molecule has 0 unspecified atom stereocenters. The number of hydrogen-bond acceptors (Lipinski definition) is 6. The first kappa shape index (κ1) is 19.9. The maximum Gasteiger partial charge on any atom is 0.195 e. The largest absolute Gasteiger partial charge is 0.445 e. The zero-order valence-electron chi connectivity index (χ0n) is 18.2. The lowest BCUT2D eigenvalue weighted by Gasteiger charge is -2.02. The number of oxazole rings is 3. The molecule has 1 saturated carbocycles. The maximum atomic E-state index is 6.14. The highest BCUT2D eigenvalue weighted by molar-refractivity contribution is 5.21. The Morgan fingerprint density at radius 2 is 1.55 bits per heavy atom. The molecule has 0 spiro atoms. The van der Waals surface area contributed by atoms with Gasteiger partial charge in [-0.2, -0.15) is 0 Å². The van der Waals surface area contributed by atoms with Gasteiger partial charge in [0.15, 0.2) is 17.7 Å². The molecule has 0 aliphatic heterocycles. The van der Waals surface area contributed by atoms with E-state index in [-0.39, 0.29) is 0 Å². The van der Waals surface area contributed by atoms with E-state index in [4.69, 9.17) is 18.2 Å². The number of aromatic nitrogens is 3. The third-order valence-corrected chi connectivity index (χ3v) is 5.49. The van der Waals surface area contributed by atoms with Crippen molar-refractivity contribution in [3.05, 3.63) is 52.0 Å². The summed E-state index contributed by atoms with van der Waals surface area (Å²) in [4.78, 5) is 13.9. The van der Waals surface area contributed by atoms with Crippen LogP contribution < -0.4 is 0 Å². The molecule has 0 saturated heterocycles. The first-order valence-corrected chi connectivity index (χ1v) is 10.8. The second-order valence-electron chi connectivity index (χ2n) is 8.36. The molecule has 1 fully saturated rings. The molecule has 0 atom stereocenters. The van der Waals surface area contributed by atoms with Gasteiger partial charge in [0.05, 0.1) is 17.1 Å². The quantitative estimate of drug-likeness (QED) is 0.481. The summed E-state index contributed by atoms with van der Waals surface area (Å²) in [5, 5.41) is 0. The summed E-state index contributed by atoms with van der Waals surface area (Å²) in [7, 11) is 0. The van der Waals surface area contributed by atoms with Crippen LogP contribution in [0.2, 0.25) is 0 Å². The average Bonchev–Trinajstić information content (AvgIpc) is 3.17. The van der Waals surface area contributed by atoms with E-state index in [2.05, 4.69) is 30.7 Å². The van der Waals surface area contributed by atoms with Crippen LogP contribution in [0.3, 0.4) is 0 Å². The average molecular weight is 398 g/mol. The van der Waals surface area contributed by atoms with Crippen LogP contribution >= 0.6 is 0 Å². The SMILES string of the molecule is CCc1oc(CCc2nc(CCc3nc(C)oc3C3CC3)oc2C(C)C)nc1C. The van der Waals surface area contributed by atoms with Gasteiger partial charge < -0.3 is 13.3 Å². The summed E-state index contributed by atoms with van der Waals surface area (Å²) in [5.41, 5.74) is 3.07. The van der Waals surface area contributed by atoms with Crippen LogP contribution in [-0.4, -0.2) is 15.0 Å². The number of nitrogens with zero attached hydrogens (tertiary/aromatic N) is 3. The van der Waals surface area contributed by atoms with Crippen LogP contribution in [0.5, 0.6) is 0 Å². The predicted molar refractivity (Wildman–Crippen MR) is 109 cm³/mol. The lowest BCUT2D eigenvalue weighted by atomic mass is 10.1. The minimum Gasteiger partial charge on any atom is -0.445 e. The highest BCUT2D eigenvalue weighted by Crippen LogP contribution is 2.42. The van der Waals surface area contributed by atoms with Gasteiger partial charge >= 0.3 is 0 Å². The van der Waals surface area contributed by atoms with E-state index in [0.717, 1.165) is 84.1 Å². The molecule has 0 N–H and O–H groups in total. The first-order chi connectivity index (χ1) is 13.9. The molecule has 6 heteroatoms. The normalized spacial score (nSPS) is 14.3. The van der Waals surface area contributed by atoms with Crippen molar-refractivity contribution in [1.29, 1.82) is 0 Å². The third-order valence-electron chi connectivity index (χ3n) is 5.49. The molecule has 1 aliphatic rings. The number of aryl methyl sites for hydroxylation is 7. The predicted octanol–water partition coefficient (Wildman–Crippen LogP) is 5.40. The van der Waals surface area contributed by atoms with Crippen LogP contribution in [0.25, 0.3) is 0 Å². The van der Waals surface area contributed by atoms with Crippen LogP contribution in [0, 0.1) is 13.8 Å². The van der Waals surface area contributed by atoms with Gasteiger partial charge in [-0.3, -0.25) is 0 Å². The molecular formula is C23H31N3O3. The second kappa shape index (κ2) is 8.17. The summed E-state index contributed by atoms with van der Waals surface area (Å²) in [5.74, 6) is 6.19. The van der Waals surface area contributed by atoms with Crippen LogP contribution in [0.15, 0.2) is 13.3 Å². The van der Waals surface area contributed by atoms with Crippen molar-refractivity contribution in [2.24, 2.45) is 0 Å². The van der Waals surface area contributed by atoms with Crippen molar-refractivity contribution >= 4 is 0 Å². The highest BCUT2D eigenvalue weighted by Gasteiger charge is 2.31. The maximum absolute atomic E-state index is 6.14. The topological polar surface area (TPSA) is 78.1 Å². The van der Waals surface area contributed by atoms with E-state index in [1.807, 2.05) is 13.8 Å². The van der Waals surface area contributed by atoms with Crippen molar-refractivity contribution in [3.63, 3.8) is 0 Å². The summed E-state index contributed by atoms with van der Waals surface area (Å²) in [6.07, 6.45) is 6.35. The third kappa shape index (κ3) is 4.46. The molecule has 0 radical (unpaired) electrons. The van der Waals surface area contributed by atoms with Gasteiger partial charge in [0.2, 0.25) is 0 Å². The standard InChI is InChI=1S/C23H31N3O3/c1-6-19-14(4)24-20(28-19)11-9-17-22(13(2)3)29-21(26-17)12-10-18-23(16-7-8-16)27-15(5)25-18/h13,16H,6-12H2,1-5H3. The molecule has 6 nitrogen and oxygen atoms in total. The van der Waals surface area contributed by atoms with Crippen molar-refractivity contribution < 1.29 is 13.3 Å². The Morgan fingerprint density at radius 1 is 0.862 bits per heavy atom. The van der Waals surface area contributed by atoms with E-state index in [1.54, 1.807) is 0 Å². The van der Waals surface area contributed by atoms with Gasteiger partial charge in [-0.1, -0.05) is 20.8 Å². The van der Waals surface area contributed by atoms with E-state index in [0.29, 0.717) is 11.8 Å². The van der Waals surface area contributed by atoms with Crippen LogP contribution in [0.4, 0.5) is 0 Å². The van der Waals surface area contributed by atoms with Gasteiger partial charge in [-0.05, 0) is 19.8 Å². The summed E-state index contributed by atoms with van der Waals surface area (Å²) < 4.78 is 17.8. The Hall–Kier alpha value is -2.37. The van der Waals surface area contributed by atoms with Crippen molar-refractivity contribution in [3.8, 4) is 0 Å². The van der Waals surface area contributed by atoms with Gasteiger partial charge in [-0.25, -0.2) is 15.0 Å². The molecule has 4 rings (SSSR count). The molecule has 3 aromatic rings. The van der Waals surface area contributed by atoms with E-state index < -0.39 is 0 Å². The van der Waals surface area contributed by atoms with E-state index in [9.17, 15) is 0 Å². The fourth-order valence-corrected chi connectivity index (χ4v) is 3.85. The minimum absolute atomic E-state index is 0.292. The fraction of sp³-hybridized carbons (Fsp3) is 0.609. The fourth-order valence-electron chi connectivity index (χ4n) is 3.85. The molecule has 0 aromatic carbocycles. The van der Waals surface area contributed by atoms with Crippen LogP contribution in [-0.2, 0) is 32.1 Å². The Kier molecular flexibility index (Phi) is 5.61. The Morgan fingerprint density at radius 3 is 2.17 bits per heavy atom. The number of rotatable bonds is 9. The molecule has 1 aliphatic carbocycles. The zero-order valence-corrected chi connectivity index (χ0v) is 18.2. The van der Waals surface area contributed by atoms with Crippen molar-refractivity contribution in [2.45, 2.75) is 91.4 Å². The Balaban J connectivity index is 1.44. The van der Waals surface area contributed by atoms with E-state index in [1.165, 1.54) is 12.8 Å². The summed E-state index contributed by atoms with van der Waals surface area (Å²) in [6.45, 7) is 10.3. The molecule has 3 heterocycles. The molecule has 29 heavy (non-hydrogen) atoms. The summed E-state index contributed by atoms with van der Waals surface area (Å²) in [6, 6.07) is 0.